The highest BCUT2D eigenvalue weighted by Gasteiger charge is 2.21. The van der Waals surface area contributed by atoms with Gasteiger partial charge in [0.2, 0.25) is 0 Å². The van der Waals surface area contributed by atoms with Crippen LogP contribution in [0.3, 0.4) is 0 Å². The maximum atomic E-state index is 5.75. The molecule has 5 heteroatoms. The number of oxazole rings is 1. The minimum absolute atomic E-state index is 0.635. The Hall–Kier alpha value is -2.01. The van der Waals surface area contributed by atoms with E-state index in [0.717, 1.165) is 49.8 Å². The van der Waals surface area contributed by atoms with Crippen molar-refractivity contribution in [2.24, 2.45) is 0 Å². The molecule has 0 amide bonds. The molecule has 106 valence electrons. The van der Waals surface area contributed by atoms with Crippen molar-refractivity contribution in [1.29, 1.82) is 0 Å². The Balaban J connectivity index is 1.87. The van der Waals surface area contributed by atoms with Crippen LogP contribution in [0.4, 0.5) is 11.7 Å². The summed E-state index contributed by atoms with van der Waals surface area (Å²) in [4.78, 5) is 6.63. The summed E-state index contributed by atoms with van der Waals surface area (Å²) >= 11 is 0. The average molecular weight is 273 g/mol. The Morgan fingerprint density at radius 2 is 2.25 bits per heavy atom. The highest BCUT2D eigenvalue weighted by atomic mass is 16.5. The van der Waals surface area contributed by atoms with Gasteiger partial charge in [0.1, 0.15) is 12.0 Å². The summed E-state index contributed by atoms with van der Waals surface area (Å²) in [6, 6.07) is 8.64. The molecule has 1 aromatic carbocycles. The number of nitrogens with one attached hydrogen (secondary N) is 1. The number of anilines is 2. The molecule has 20 heavy (non-hydrogen) atoms. The van der Waals surface area contributed by atoms with Crippen molar-refractivity contribution >= 4 is 11.7 Å². The van der Waals surface area contributed by atoms with Gasteiger partial charge in [-0.2, -0.15) is 4.98 Å². The van der Waals surface area contributed by atoms with E-state index >= 15 is 0 Å². The number of para-hydroxylation sites is 2. The van der Waals surface area contributed by atoms with Crippen molar-refractivity contribution in [3.8, 4) is 5.75 Å². The van der Waals surface area contributed by atoms with E-state index < -0.39 is 0 Å². The first-order valence-corrected chi connectivity index (χ1v) is 7.03. The van der Waals surface area contributed by atoms with Gasteiger partial charge in [-0.15, -0.1) is 0 Å². The summed E-state index contributed by atoms with van der Waals surface area (Å²) < 4.78 is 11.4. The Kier molecular flexibility index (Phi) is 3.87. The number of hydrogen-bond acceptors (Lipinski definition) is 5. The molecule has 0 atom stereocenters. The lowest BCUT2D eigenvalue weighted by Crippen LogP contribution is -2.18. The second-order valence-corrected chi connectivity index (χ2v) is 4.72. The molecular weight excluding hydrogens is 254 g/mol. The van der Waals surface area contributed by atoms with E-state index in [4.69, 9.17) is 9.15 Å². The van der Waals surface area contributed by atoms with E-state index in [-0.39, 0.29) is 0 Å². The van der Waals surface area contributed by atoms with Gasteiger partial charge in [0.15, 0.2) is 0 Å². The maximum absolute atomic E-state index is 5.75. The smallest absolute Gasteiger partial charge is 0.302 e. The van der Waals surface area contributed by atoms with Crippen LogP contribution < -0.4 is 15.0 Å². The van der Waals surface area contributed by atoms with Crippen LogP contribution in [-0.4, -0.2) is 24.7 Å². The largest absolute Gasteiger partial charge is 0.491 e. The predicted molar refractivity (Wildman–Crippen MR) is 77.4 cm³/mol. The molecule has 2 aromatic rings. The fourth-order valence-electron chi connectivity index (χ4n) is 2.28. The van der Waals surface area contributed by atoms with Gasteiger partial charge in [-0.25, -0.2) is 0 Å². The lowest BCUT2D eigenvalue weighted by atomic mass is 10.2. The molecule has 0 saturated heterocycles. The first-order valence-electron chi connectivity index (χ1n) is 7.03. The van der Waals surface area contributed by atoms with Crippen molar-refractivity contribution < 1.29 is 9.15 Å². The number of hydrogen-bond donors (Lipinski definition) is 1. The quantitative estimate of drug-likeness (QED) is 0.928. The third kappa shape index (κ3) is 2.63. The first-order chi connectivity index (χ1) is 9.88. The Morgan fingerprint density at radius 1 is 1.35 bits per heavy atom. The highest BCUT2D eigenvalue weighted by Crippen LogP contribution is 2.35. The Bertz CT molecular complexity index is 568. The van der Waals surface area contributed by atoms with Crippen molar-refractivity contribution in [1.82, 2.24) is 10.3 Å². The van der Waals surface area contributed by atoms with Gasteiger partial charge in [-0.3, -0.25) is 4.90 Å². The van der Waals surface area contributed by atoms with Gasteiger partial charge in [0.05, 0.1) is 18.0 Å². The van der Waals surface area contributed by atoms with E-state index in [2.05, 4.69) is 22.1 Å². The summed E-state index contributed by atoms with van der Waals surface area (Å²) in [5.74, 6) is 0.886. The maximum Gasteiger partial charge on any atom is 0.302 e. The summed E-state index contributed by atoms with van der Waals surface area (Å²) in [7, 11) is 0. The number of ether oxygens (including phenoxy) is 1. The summed E-state index contributed by atoms with van der Waals surface area (Å²) in [6.07, 6.45) is 2.66. The first kappa shape index (κ1) is 13.0. The van der Waals surface area contributed by atoms with Crippen LogP contribution in [0, 0.1) is 0 Å². The minimum atomic E-state index is 0.635. The third-order valence-electron chi connectivity index (χ3n) is 3.27. The van der Waals surface area contributed by atoms with Crippen molar-refractivity contribution in [3.63, 3.8) is 0 Å². The predicted octanol–water partition coefficient (Wildman–Crippen LogP) is 2.70. The average Bonchev–Trinajstić information content (AvgIpc) is 2.84. The van der Waals surface area contributed by atoms with Crippen LogP contribution in [0.1, 0.15) is 19.0 Å². The second-order valence-electron chi connectivity index (χ2n) is 4.72. The van der Waals surface area contributed by atoms with Crippen LogP contribution in [-0.2, 0) is 6.54 Å². The van der Waals surface area contributed by atoms with Gasteiger partial charge in [-0.1, -0.05) is 19.1 Å². The second kappa shape index (κ2) is 5.96. The number of benzene rings is 1. The Labute approximate surface area is 118 Å². The number of fused-ring (bicyclic) bond motifs is 1. The van der Waals surface area contributed by atoms with Crippen LogP contribution in [0.2, 0.25) is 0 Å². The van der Waals surface area contributed by atoms with Crippen LogP contribution in [0.25, 0.3) is 0 Å². The molecule has 1 aliphatic heterocycles. The van der Waals surface area contributed by atoms with E-state index in [0.29, 0.717) is 6.01 Å². The number of nitrogens with zero attached hydrogens (tertiary/aromatic N) is 2. The molecule has 0 fully saturated rings. The molecule has 2 heterocycles. The van der Waals surface area contributed by atoms with E-state index in [1.165, 1.54) is 0 Å². The monoisotopic (exact) mass is 273 g/mol. The van der Waals surface area contributed by atoms with E-state index in [9.17, 15) is 0 Å². The molecule has 0 aliphatic carbocycles. The summed E-state index contributed by atoms with van der Waals surface area (Å²) in [6.45, 7) is 5.29. The fourth-order valence-corrected chi connectivity index (χ4v) is 2.28. The Morgan fingerprint density at radius 3 is 3.15 bits per heavy atom. The van der Waals surface area contributed by atoms with Gasteiger partial charge < -0.3 is 14.5 Å². The molecular formula is C15H19N3O2. The molecule has 1 aliphatic rings. The van der Waals surface area contributed by atoms with E-state index in [1.54, 1.807) is 6.26 Å². The third-order valence-corrected chi connectivity index (χ3v) is 3.27. The molecule has 5 nitrogen and oxygen atoms in total. The van der Waals surface area contributed by atoms with Crippen molar-refractivity contribution in [2.45, 2.75) is 19.9 Å². The fraction of sp³-hybridized carbons (Fsp3) is 0.400. The number of rotatable bonds is 4. The zero-order valence-corrected chi connectivity index (χ0v) is 11.6. The molecule has 0 radical (unpaired) electrons. The van der Waals surface area contributed by atoms with Crippen LogP contribution in [0.15, 0.2) is 34.9 Å². The summed E-state index contributed by atoms with van der Waals surface area (Å²) in [5.41, 5.74) is 1.94. The van der Waals surface area contributed by atoms with Crippen LogP contribution >= 0.6 is 0 Å². The topological polar surface area (TPSA) is 50.5 Å². The highest BCUT2D eigenvalue weighted by molar-refractivity contribution is 5.65. The van der Waals surface area contributed by atoms with Gasteiger partial charge in [0.25, 0.3) is 0 Å². The molecule has 3 rings (SSSR count). The number of aromatic nitrogens is 1. The van der Waals surface area contributed by atoms with Gasteiger partial charge >= 0.3 is 6.01 Å². The minimum Gasteiger partial charge on any atom is -0.491 e. The lowest BCUT2D eigenvalue weighted by Gasteiger charge is -2.19. The van der Waals surface area contributed by atoms with E-state index in [1.807, 2.05) is 24.3 Å². The molecule has 0 bridgehead atoms. The molecule has 0 unspecified atom stereocenters. The lowest BCUT2D eigenvalue weighted by molar-refractivity contribution is 0.322. The standard InChI is InChI=1S/C15H19N3O2/c1-2-16-10-12-11-20-15(17-12)18-8-5-9-19-14-7-4-3-6-13(14)18/h3-4,6-7,11,16H,2,5,8-10H2,1H3. The summed E-state index contributed by atoms with van der Waals surface area (Å²) in [5, 5.41) is 3.25. The zero-order valence-electron chi connectivity index (χ0n) is 11.6. The normalized spacial score (nSPS) is 14.6. The molecule has 1 aromatic heterocycles. The van der Waals surface area contributed by atoms with Crippen molar-refractivity contribution in [2.75, 3.05) is 24.6 Å². The molecule has 1 N–H and O–H groups in total. The van der Waals surface area contributed by atoms with Gasteiger partial charge in [-0.05, 0) is 25.1 Å². The molecule has 0 saturated carbocycles. The SMILES string of the molecule is CCNCc1coc(N2CCCOc3ccccc32)n1. The van der Waals surface area contributed by atoms with Gasteiger partial charge in [0, 0.05) is 13.1 Å². The van der Waals surface area contributed by atoms with Crippen LogP contribution in [0.5, 0.6) is 5.75 Å². The van der Waals surface area contributed by atoms with Crippen molar-refractivity contribution in [3.05, 3.63) is 36.2 Å². The molecule has 0 spiro atoms. The zero-order chi connectivity index (χ0) is 13.8.